The Morgan fingerprint density at radius 2 is 1.97 bits per heavy atom. The first-order chi connectivity index (χ1) is 14.6. The zero-order valence-corrected chi connectivity index (χ0v) is 17.1. The maximum Gasteiger partial charge on any atom is 0.256 e. The molecule has 0 bridgehead atoms. The second kappa shape index (κ2) is 8.42. The highest BCUT2D eigenvalue weighted by atomic mass is 16.1. The van der Waals surface area contributed by atoms with Gasteiger partial charge in [-0.25, -0.2) is 4.98 Å². The van der Waals surface area contributed by atoms with E-state index in [1.54, 1.807) is 19.5 Å². The fourth-order valence-electron chi connectivity index (χ4n) is 3.70. The van der Waals surface area contributed by atoms with Gasteiger partial charge >= 0.3 is 0 Å². The zero-order chi connectivity index (χ0) is 21.1. The van der Waals surface area contributed by atoms with Gasteiger partial charge in [-0.1, -0.05) is 18.2 Å². The van der Waals surface area contributed by atoms with Crippen molar-refractivity contribution in [3.8, 4) is 0 Å². The van der Waals surface area contributed by atoms with Gasteiger partial charge in [-0.2, -0.15) is 5.10 Å². The molecule has 30 heavy (non-hydrogen) atoms. The van der Waals surface area contributed by atoms with Gasteiger partial charge in [-0.3, -0.25) is 9.79 Å². The van der Waals surface area contributed by atoms with E-state index < -0.39 is 0 Å². The molecular weight excluding hydrogens is 376 g/mol. The van der Waals surface area contributed by atoms with Gasteiger partial charge in [0.15, 0.2) is 0 Å². The molecule has 0 fully saturated rings. The summed E-state index contributed by atoms with van der Waals surface area (Å²) in [6, 6.07) is 13.6. The van der Waals surface area contributed by atoms with E-state index in [4.69, 9.17) is 5.84 Å². The van der Waals surface area contributed by atoms with Crippen LogP contribution in [0.2, 0.25) is 0 Å². The van der Waals surface area contributed by atoms with Gasteiger partial charge in [0.2, 0.25) is 0 Å². The number of aliphatic imine (C=N–C) groups is 1. The summed E-state index contributed by atoms with van der Waals surface area (Å²) >= 11 is 0. The normalized spacial score (nSPS) is 14.8. The molecule has 2 aromatic carbocycles. The number of amides is 1. The number of hydrogen-bond acceptors (Lipinski definition) is 6. The first-order valence-electron chi connectivity index (χ1n) is 9.79. The summed E-state index contributed by atoms with van der Waals surface area (Å²) in [5.41, 5.74) is 4.60. The van der Waals surface area contributed by atoms with Crippen LogP contribution < -0.4 is 11.2 Å². The van der Waals surface area contributed by atoms with E-state index in [0.717, 1.165) is 35.8 Å². The monoisotopic (exact) mass is 400 g/mol. The van der Waals surface area contributed by atoms with Crippen molar-refractivity contribution in [3.05, 3.63) is 70.9 Å². The lowest BCUT2D eigenvalue weighted by Crippen LogP contribution is -2.27. The summed E-state index contributed by atoms with van der Waals surface area (Å²) in [7, 11) is 3.78. The van der Waals surface area contributed by atoms with E-state index in [-0.39, 0.29) is 5.91 Å². The molecule has 2 heterocycles. The molecule has 1 aliphatic rings. The lowest BCUT2D eigenvalue weighted by atomic mass is 9.97. The highest BCUT2D eigenvalue weighted by Crippen LogP contribution is 2.22. The minimum atomic E-state index is -0.165. The maximum absolute atomic E-state index is 12.8. The van der Waals surface area contributed by atoms with Crippen molar-refractivity contribution in [2.75, 3.05) is 26.0 Å². The molecule has 3 N–H and O–H groups in total. The molecule has 0 radical (unpaired) electrons. The molecular formula is C23H24N6O. The quantitative estimate of drug-likeness (QED) is 0.400. The summed E-state index contributed by atoms with van der Waals surface area (Å²) in [6.07, 6.45) is 4.31. The summed E-state index contributed by atoms with van der Waals surface area (Å²) in [6.45, 7) is 1.92. The molecule has 3 aromatic rings. The molecule has 1 amide bonds. The molecule has 0 aliphatic carbocycles. The predicted octanol–water partition coefficient (Wildman–Crippen LogP) is 2.84. The molecule has 7 heteroatoms. The average molecular weight is 400 g/mol. The third kappa shape index (κ3) is 4.06. The maximum atomic E-state index is 12.8. The van der Waals surface area contributed by atoms with Crippen LogP contribution in [-0.4, -0.2) is 48.4 Å². The third-order valence-corrected chi connectivity index (χ3v) is 5.32. The van der Waals surface area contributed by atoms with Crippen molar-refractivity contribution in [1.82, 2.24) is 9.88 Å². The van der Waals surface area contributed by atoms with Crippen LogP contribution >= 0.6 is 0 Å². The number of carbonyl (C=O) groups excluding carboxylic acids is 1. The van der Waals surface area contributed by atoms with Crippen molar-refractivity contribution in [3.63, 3.8) is 0 Å². The Morgan fingerprint density at radius 3 is 2.77 bits per heavy atom. The largest absolute Gasteiger partial charge is 0.323 e. The van der Waals surface area contributed by atoms with Crippen LogP contribution in [-0.2, 0) is 13.0 Å². The smallest absolute Gasteiger partial charge is 0.256 e. The van der Waals surface area contributed by atoms with E-state index in [2.05, 4.69) is 32.3 Å². The number of rotatable bonds is 4. The minimum absolute atomic E-state index is 0.165. The number of fused-ring (bicyclic) bond motifs is 2. The number of pyridine rings is 1. The number of aromatic nitrogens is 1. The van der Waals surface area contributed by atoms with Crippen molar-refractivity contribution >= 4 is 34.4 Å². The Bertz CT molecular complexity index is 1170. The lowest BCUT2D eigenvalue weighted by molar-refractivity contribution is 0.102. The topological polar surface area (TPSA) is 96.0 Å². The Balaban J connectivity index is 1.58. The third-order valence-electron chi connectivity index (χ3n) is 5.32. The zero-order valence-electron chi connectivity index (χ0n) is 17.1. The van der Waals surface area contributed by atoms with Gasteiger partial charge in [0.05, 0.1) is 0 Å². The average Bonchev–Trinajstić information content (AvgIpc) is 2.76. The molecule has 1 aliphatic heterocycles. The molecule has 152 valence electrons. The molecule has 0 spiro atoms. The van der Waals surface area contributed by atoms with Crippen LogP contribution in [0.3, 0.4) is 0 Å². The Hall–Kier alpha value is -3.58. The first-order valence-corrected chi connectivity index (χ1v) is 9.79. The molecule has 0 saturated heterocycles. The second-order valence-corrected chi connectivity index (χ2v) is 7.46. The SMILES string of the molecule is CN=CC(=NN)c1ccc2cnc(NC(=O)c3ccc4c(c3)CCN(C)C4)cc2c1. The Labute approximate surface area is 175 Å². The van der Waals surface area contributed by atoms with Crippen molar-refractivity contribution < 1.29 is 4.79 Å². The van der Waals surface area contributed by atoms with Gasteiger partial charge < -0.3 is 16.1 Å². The van der Waals surface area contributed by atoms with Crippen LogP contribution in [0.25, 0.3) is 10.8 Å². The Morgan fingerprint density at radius 1 is 1.13 bits per heavy atom. The number of hydrogen-bond donors (Lipinski definition) is 2. The van der Waals surface area contributed by atoms with E-state index in [1.807, 2.05) is 42.5 Å². The summed E-state index contributed by atoms with van der Waals surface area (Å²) in [5.74, 6) is 5.81. The summed E-state index contributed by atoms with van der Waals surface area (Å²) in [5, 5.41) is 8.58. The summed E-state index contributed by atoms with van der Waals surface area (Å²) < 4.78 is 0. The van der Waals surface area contributed by atoms with Gasteiger partial charge in [-0.15, -0.1) is 0 Å². The van der Waals surface area contributed by atoms with Crippen LogP contribution in [0.4, 0.5) is 5.82 Å². The predicted molar refractivity (Wildman–Crippen MR) is 121 cm³/mol. The first kappa shape index (κ1) is 19.7. The van der Waals surface area contributed by atoms with Crippen LogP contribution in [0.5, 0.6) is 0 Å². The van der Waals surface area contributed by atoms with Crippen LogP contribution in [0.15, 0.2) is 58.8 Å². The molecule has 4 rings (SSSR count). The number of carbonyl (C=O) groups is 1. The molecule has 0 unspecified atom stereocenters. The van der Waals surface area contributed by atoms with Crippen molar-refractivity contribution in [1.29, 1.82) is 0 Å². The van der Waals surface area contributed by atoms with E-state index in [0.29, 0.717) is 17.1 Å². The molecule has 7 nitrogen and oxygen atoms in total. The van der Waals surface area contributed by atoms with E-state index in [9.17, 15) is 4.79 Å². The number of nitrogens with two attached hydrogens (primary N) is 1. The fourth-order valence-corrected chi connectivity index (χ4v) is 3.70. The van der Waals surface area contributed by atoms with Crippen molar-refractivity contribution in [2.24, 2.45) is 15.9 Å². The Kier molecular flexibility index (Phi) is 5.54. The van der Waals surface area contributed by atoms with E-state index >= 15 is 0 Å². The molecule has 0 atom stereocenters. The van der Waals surface area contributed by atoms with Gasteiger partial charge in [0.1, 0.15) is 11.5 Å². The summed E-state index contributed by atoms with van der Waals surface area (Å²) in [4.78, 5) is 23.4. The van der Waals surface area contributed by atoms with E-state index in [1.165, 1.54) is 11.1 Å². The van der Waals surface area contributed by atoms with Gasteiger partial charge in [-0.05, 0) is 54.2 Å². The molecule has 1 aromatic heterocycles. The van der Waals surface area contributed by atoms with Gasteiger partial charge in [0.25, 0.3) is 5.91 Å². The van der Waals surface area contributed by atoms with Crippen molar-refractivity contribution in [2.45, 2.75) is 13.0 Å². The number of nitrogens with one attached hydrogen (secondary N) is 1. The molecule has 0 saturated carbocycles. The van der Waals surface area contributed by atoms with Crippen LogP contribution in [0, 0.1) is 0 Å². The lowest BCUT2D eigenvalue weighted by Gasteiger charge is -2.25. The standard InChI is InChI=1S/C23H24N6O/c1-25-13-21(28-24)16-3-5-18-12-26-22(11-20(18)10-16)27-23(30)17-4-6-19-14-29(2)8-7-15(19)9-17/h3-6,9-13H,7-8,14,24H2,1-2H3,(H,26,27,30). The number of benzene rings is 2. The fraction of sp³-hybridized carbons (Fsp3) is 0.217. The number of anilines is 1. The minimum Gasteiger partial charge on any atom is -0.323 e. The second-order valence-electron chi connectivity index (χ2n) is 7.46. The number of nitrogens with zero attached hydrogens (tertiary/aromatic N) is 4. The highest BCUT2D eigenvalue weighted by Gasteiger charge is 2.16. The number of hydrazone groups is 1. The highest BCUT2D eigenvalue weighted by molar-refractivity contribution is 6.38. The van der Waals surface area contributed by atoms with Gasteiger partial charge in [0, 0.05) is 49.1 Å². The number of likely N-dealkylation sites (N-methyl/N-ethyl adjacent to an activating group) is 1. The van der Waals surface area contributed by atoms with Crippen LogP contribution in [0.1, 0.15) is 27.0 Å².